The minimum atomic E-state index is -0.298. The minimum absolute atomic E-state index is 0.0300. The van der Waals surface area contributed by atoms with Gasteiger partial charge in [-0.1, -0.05) is 12.1 Å². The third kappa shape index (κ3) is 5.60. The van der Waals surface area contributed by atoms with Crippen molar-refractivity contribution in [2.75, 3.05) is 13.7 Å². The van der Waals surface area contributed by atoms with Gasteiger partial charge in [-0.15, -0.1) is 0 Å². The summed E-state index contributed by atoms with van der Waals surface area (Å²) in [6, 6.07) is 10.8. The first-order valence-electron chi connectivity index (χ1n) is 8.17. The molecule has 6 heteroatoms. The summed E-state index contributed by atoms with van der Waals surface area (Å²) in [5, 5.41) is 5.61. The second kappa shape index (κ2) is 8.82. The SMILES string of the molecule is COc1ccc(CCNC(=O)c2cc(C(=O)NC(C)C)ccn2)cc1. The summed E-state index contributed by atoms with van der Waals surface area (Å²) in [7, 11) is 1.62. The Kier molecular flexibility index (Phi) is 6.51. The van der Waals surface area contributed by atoms with Gasteiger partial charge in [0.2, 0.25) is 0 Å². The van der Waals surface area contributed by atoms with E-state index in [-0.39, 0.29) is 23.6 Å². The summed E-state index contributed by atoms with van der Waals surface area (Å²) in [5.41, 5.74) is 1.74. The molecule has 2 amide bonds. The standard InChI is InChI=1S/C19H23N3O3/c1-13(2)22-18(23)15-9-11-20-17(12-15)19(24)21-10-8-14-4-6-16(25-3)7-5-14/h4-7,9,11-13H,8,10H2,1-3H3,(H,21,24)(H,22,23). The lowest BCUT2D eigenvalue weighted by Crippen LogP contribution is -2.31. The molecule has 25 heavy (non-hydrogen) atoms. The maximum Gasteiger partial charge on any atom is 0.269 e. The van der Waals surface area contributed by atoms with Gasteiger partial charge in [-0.25, -0.2) is 0 Å². The number of methoxy groups -OCH3 is 1. The van der Waals surface area contributed by atoms with Crippen LogP contribution in [0.5, 0.6) is 5.75 Å². The van der Waals surface area contributed by atoms with Crippen LogP contribution in [-0.2, 0) is 6.42 Å². The minimum Gasteiger partial charge on any atom is -0.497 e. The highest BCUT2D eigenvalue weighted by atomic mass is 16.5. The molecule has 2 rings (SSSR count). The van der Waals surface area contributed by atoms with Crippen LogP contribution in [0.4, 0.5) is 0 Å². The molecular weight excluding hydrogens is 318 g/mol. The topological polar surface area (TPSA) is 80.3 Å². The molecular formula is C19H23N3O3. The Morgan fingerprint density at radius 1 is 1.12 bits per heavy atom. The number of nitrogens with zero attached hydrogens (tertiary/aromatic N) is 1. The Labute approximate surface area is 147 Å². The zero-order valence-electron chi connectivity index (χ0n) is 14.7. The quantitative estimate of drug-likeness (QED) is 0.809. The van der Waals surface area contributed by atoms with E-state index in [9.17, 15) is 9.59 Å². The first-order chi connectivity index (χ1) is 12.0. The first-order valence-corrected chi connectivity index (χ1v) is 8.17. The Hall–Kier alpha value is -2.89. The molecule has 0 atom stereocenters. The van der Waals surface area contributed by atoms with Crippen LogP contribution in [0.1, 0.15) is 40.3 Å². The van der Waals surface area contributed by atoms with Crippen LogP contribution in [0.15, 0.2) is 42.6 Å². The number of ether oxygens (including phenoxy) is 1. The van der Waals surface area contributed by atoms with Crippen molar-refractivity contribution >= 4 is 11.8 Å². The molecule has 0 saturated carbocycles. The fourth-order valence-corrected chi connectivity index (χ4v) is 2.24. The van der Waals surface area contributed by atoms with Crippen molar-refractivity contribution < 1.29 is 14.3 Å². The summed E-state index contributed by atoms with van der Waals surface area (Å²) in [6.45, 7) is 4.24. The molecule has 2 N–H and O–H groups in total. The van der Waals surface area contributed by atoms with Crippen LogP contribution < -0.4 is 15.4 Å². The van der Waals surface area contributed by atoms with Gasteiger partial charge in [-0.05, 0) is 50.1 Å². The molecule has 6 nitrogen and oxygen atoms in total. The molecule has 1 heterocycles. The summed E-state index contributed by atoms with van der Waals surface area (Å²) in [6.07, 6.45) is 2.16. The van der Waals surface area contributed by atoms with E-state index in [1.54, 1.807) is 13.2 Å². The van der Waals surface area contributed by atoms with E-state index in [1.807, 2.05) is 38.1 Å². The van der Waals surface area contributed by atoms with Crippen LogP contribution in [0.3, 0.4) is 0 Å². The molecule has 0 spiro atoms. The zero-order valence-corrected chi connectivity index (χ0v) is 14.7. The number of rotatable bonds is 7. The Morgan fingerprint density at radius 2 is 1.84 bits per heavy atom. The molecule has 0 aliphatic carbocycles. The summed E-state index contributed by atoms with van der Waals surface area (Å²) >= 11 is 0. The van der Waals surface area contributed by atoms with Crippen molar-refractivity contribution in [3.8, 4) is 5.75 Å². The largest absolute Gasteiger partial charge is 0.497 e. The Morgan fingerprint density at radius 3 is 2.48 bits per heavy atom. The first kappa shape index (κ1) is 18.4. The lowest BCUT2D eigenvalue weighted by Gasteiger charge is -2.09. The lowest BCUT2D eigenvalue weighted by molar-refractivity contribution is 0.0943. The normalized spacial score (nSPS) is 10.4. The summed E-state index contributed by atoms with van der Waals surface area (Å²) < 4.78 is 5.11. The molecule has 2 aromatic rings. The molecule has 0 fully saturated rings. The number of amides is 2. The van der Waals surface area contributed by atoms with Crippen molar-refractivity contribution in [1.82, 2.24) is 15.6 Å². The number of aromatic nitrogens is 1. The fourth-order valence-electron chi connectivity index (χ4n) is 2.24. The Balaban J connectivity index is 1.90. The monoisotopic (exact) mass is 341 g/mol. The molecule has 0 unspecified atom stereocenters. The highest BCUT2D eigenvalue weighted by Gasteiger charge is 2.12. The number of hydrogen-bond donors (Lipinski definition) is 2. The molecule has 1 aromatic carbocycles. The second-order valence-corrected chi connectivity index (χ2v) is 5.91. The number of pyridine rings is 1. The average Bonchev–Trinajstić information content (AvgIpc) is 2.61. The van der Waals surface area contributed by atoms with Gasteiger partial charge in [-0.3, -0.25) is 14.6 Å². The van der Waals surface area contributed by atoms with E-state index >= 15 is 0 Å². The average molecular weight is 341 g/mol. The van der Waals surface area contributed by atoms with E-state index in [1.165, 1.54) is 12.3 Å². The maximum absolute atomic E-state index is 12.2. The number of carbonyl (C=O) groups is 2. The smallest absolute Gasteiger partial charge is 0.269 e. The van der Waals surface area contributed by atoms with Gasteiger partial charge in [0.25, 0.3) is 11.8 Å². The molecule has 0 saturated heterocycles. The van der Waals surface area contributed by atoms with Crippen LogP contribution in [0.25, 0.3) is 0 Å². The molecule has 0 radical (unpaired) electrons. The van der Waals surface area contributed by atoms with Gasteiger partial charge >= 0.3 is 0 Å². The van der Waals surface area contributed by atoms with Crippen molar-refractivity contribution in [2.45, 2.75) is 26.3 Å². The maximum atomic E-state index is 12.2. The van der Waals surface area contributed by atoms with Gasteiger partial charge < -0.3 is 15.4 Å². The third-order valence-electron chi connectivity index (χ3n) is 3.53. The second-order valence-electron chi connectivity index (χ2n) is 5.91. The van der Waals surface area contributed by atoms with Crippen molar-refractivity contribution in [2.24, 2.45) is 0 Å². The number of carbonyl (C=O) groups excluding carboxylic acids is 2. The fraction of sp³-hybridized carbons (Fsp3) is 0.316. The van der Waals surface area contributed by atoms with Crippen molar-refractivity contribution in [3.05, 3.63) is 59.4 Å². The van der Waals surface area contributed by atoms with E-state index in [0.29, 0.717) is 18.5 Å². The number of benzene rings is 1. The molecule has 0 aliphatic rings. The molecule has 132 valence electrons. The van der Waals surface area contributed by atoms with Gasteiger partial charge in [-0.2, -0.15) is 0 Å². The van der Waals surface area contributed by atoms with Crippen molar-refractivity contribution in [1.29, 1.82) is 0 Å². The van der Waals surface area contributed by atoms with E-state index in [4.69, 9.17) is 4.74 Å². The lowest BCUT2D eigenvalue weighted by atomic mass is 10.1. The van der Waals surface area contributed by atoms with E-state index < -0.39 is 0 Å². The van der Waals surface area contributed by atoms with E-state index in [0.717, 1.165) is 11.3 Å². The predicted molar refractivity (Wildman–Crippen MR) is 95.9 cm³/mol. The van der Waals surface area contributed by atoms with Crippen LogP contribution in [0.2, 0.25) is 0 Å². The summed E-state index contributed by atoms with van der Waals surface area (Å²) in [5.74, 6) is 0.283. The zero-order chi connectivity index (χ0) is 18.2. The number of hydrogen-bond acceptors (Lipinski definition) is 4. The molecule has 0 aliphatic heterocycles. The van der Waals surface area contributed by atoms with Gasteiger partial charge in [0.15, 0.2) is 0 Å². The predicted octanol–water partition coefficient (Wildman–Crippen LogP) is 2.20. The highest BCUT2D eigenvalue weighted by Crippen LogP contribution is 2.11. The van der Waals surface area contributed by atoms with Gasteiger partial charge in [0.05, 0.1) is 7.11 Å². The van der Waals surface area contributed by atoms with Crippen LogP contribution >= 0.6 is 0 Å². The Bertz CT molecular complexity index is 727. The van der Waals surface area contributed by atoms with Crippen molar-refractivity contribution in [3.63, 3.8) is 0 Å². The molecule has 0 bridgehead atoms. The molecule has 1 aromatic heterocycles. The van der Waals surface area contributed by atoms with Gasteiger partial charge in [0, 0.05) is 24.3 Å². The van der Waals surface area contributed by atoms with E-state index in [2.05, 4.69) is 15.6 Å². The number of nitrogens with one attached hydrogen (secondary N) is 2. The highest BCUT2D eigenvalue weighted by molar-refractivity contribution is 5.98. The summed E-state index contributed by atoms with van der Waals surface area (Å²) in [4.78, 5) is 28.2. The van der Waals surface area contributed by atoms with Crippen LogP contribution in [-0.4, -0.2) is 36.5 Å². The van der Waals surface area contributed by atoms with Gasteiger partial charge in [0.1, 0.15) is 11.4 Å². The van der Waals surface area contributed by atoms with Crippen LogP contribution in [0, 0.1) is 0 Å². The third-order valence-corrected chi connectivity index (χ3v) is 3.53.